The molecule has 2 aromatic carbocycles. The predicted molar refractivity (Wildman–Crippen MR) is 144 cm³/mol. The number of carboxylic acid groups (broad SMARTS) is 1. The third-order valence-electron chi connectivity index (χ3n) is 6.77. The van der Waals surface area contributed by atoms with Crippen molar-refractivity contribution in [2.24, 2.45) is 0 Å². The molecular formula is C28H28ClF2N5O3. The van der Waals surface area contributed by atoms with Gasteiger partial charge >= 0.3 is 5.97 Å². The van der Waals surface area contributed by atoms with Crippen LogP contribution in [0.1, 0.15) is 52.4 Å². The monoisotopic (exact) mass is 555 g/mol. The largest absolute Gasteiger partial charge is 0.481 e. The van der Waals surface area contributed by atoms with Gasteiger partial charge in [-0.2, -0.15) is 5.10 Å². The molecule has 8 nitrogen and oxygen atoms in total. The van der Waals surface area contributed by atoms with Crippen molar-refractivity contribution in [2.75, 3.05) is 18.0 Å². The van der Waals surface area contributed by atoms with E-state index in [4.69, 9.17) is 5.11 Å². The molecule has 39 heavy (non-hydrogen) atoms. The van der Waals surface area contributed by atoms with E-state index in [1.807, 2.05) is 17.0 Å². The van der Waals surface area contributed by atoms with Crippen LogP contribution in [0.25, 0.3) is 5.65 Å². The van der Waals surface area contributed by atoms with Crippen LogP contribution in [-0.4, -0.2) is 44.7 Å². The molecule has 5 rings (SSSR count). The summed E-state index contributed by atoms with van der Waals surface area (Å²) >= 11 is 0. The first kappa shape index (κ1) is 28.0. The first-order valence-electron chi connectivity index (χ1n) is 12.5. The Hall–Kier alpha value is -4.05. The van der Waals surface area contributed by atoms with Gasteiger partial charge in [-0.1, -0.05) is 24.3 Å². The van der Waals surface area contributed by atoms with Crippen LogP contribution in [0, 0.1) is 11.6 Å². The molecule has 0 bridgehead atoms. The molecule has 1 saturated heterocycles. The number of rotatable bonds is 9. The SMILES string of the molecule is Cl.O=C(O)Cc1ccc(CCCNC(=O)c2cnn3ccc(N4CCC[C@@H]4c4cc(F)ccc4F)nc23)cc1. The summed E-state index contributed by atoms with van der Waals surface area (Å²) in [4.78, 5) is 30.3. The van der Waals surface area contributed by atoms with Gasteiger partial charge in [0.05, 0.1) is 18.7 Å². The molecule has 0 saturated carbocycles. The fourth-order valence-electron chi connectivity index (χ4n) is 4.90. The van der Waals surface area contributed by atoms with Crippen molar-refractivity contribution in [3.63, 3.8) is 0 Å². The molecule has 0 radical (unpaired) electrons. The lowest BCUT2D eigenvalue weighted by atomic mass is 10.0. The second kappa shape index (κ2) is 12.2. The summed E-state index contributed by atoms with van der Waals surface area (Å²) in [6.45, 7) is 1.08. The molecule has 3 heterocycles. The first-order valence-corrected chi connectivity index (χ1v) is 12.5. The number of anilines is 1. The van der Waals surface area contributed by atoms with Crippen molar-refractivity contribution in [3.8, 4) is 0 Å². The molecule has 11 heteroatoms. The van der Waals surface area contributed by atoms with Crippen LogP contribution in [0.3, 0.4) is 0 Å². The van der Waals surface area contributed by atoms with Gasteiger partial charge in [-0.15, -0.1) is 12.4 Å². The number of aromatic nitrogens is 3. The number of nitrogens with zero attached hydrogens (tertiary/aromatic N) is 4. The lowest BCUT2D eigenvalue weighted by Gasteiger charge is -2.26. The third-order valence-corrected chi connectivity index (χ3v) is 6.77. The number of halogens is 3. The van der Waals surface area contributed by atoms with Crippen molar-refractivity contribution < 1.29 is 23.5 Å². The van der Waals surface area contributed by atoms with E-state index < -0.39 is 17.6 Å². The highest BCUT2D eigenvalue weighted by atomic mass is 35.5. The van der Waals surface area contributed by atoms with E-state index >= 15 is 0 Å². The van der Waals surface area contributed by atoms with Gasteiger partial charge in [0.2, 0.25) is 0 Å². The summed E-state index contributed by atoms with van der Waals surface area (Å²) in [6.07, 6.45) is 6.08. The third kappa shape index (κ3) is 6.34. The van der Waals surface area contributed by atoms with Crippen LogP contribution in [0.15, 0.2) is 60.9 Å². The lowest BCUT2D eigenvalue weighted by Crippen LogP contribution is -2.26. The molecule has 1 aliphatic rings. The molecule has 0 spiro atoms. The first-order chi connectivity index (χ1) is 18.4. The molecule has 1 aliphatic heterocycles. The number of carbonyl (C=O) groups is 2. The summed E-state index contributed by atoms with van der Waals surface area (Å²) in [5.41, 5.74) is 2.82. The molecule has 1 fully saturated rings. The Morgan fingerprint density at radius 3 is 2.62 bits per heavy atom. The van der Waals surface area contributed by atoms with Crippen LogP contribution in [0.2, 0.25) is 0 Å². The van der Waals surface area contributed by atoms with Gasteiger partial charge in [0.25, 0.3) is 5.91 Å². The number of hydrogen-bond donors (Lipinski definition) is 2. The van der Waals surface area contributed by atoms with E-state index in [1.165, 1.54) is 16.8 Å². The van der Waals surface area contributed by atoms with E-state index in [1.54, 1.807) is 24.4 Å². The van der Waals surface area contributed by atoms with E-state index in [9.17, 15) is 18.4 Å². The number of amides is 1. The molecular weight excluding hydrogens is 528 g/mol. The number of benzene rings is 2. The summed E-state index contributed by atoms with van der Waals surface area (Å²) in [6, 6.07) is 12.3. The molecule has 4 aromatic rings. The minimum atomic E-state index is -0.865. The average molecular weight is 556 g/mol. The Balaban J connectivity index is 0.00000353. The summed E-state index contributed by atoms with van der Waals surface area (Å²) in [5.74, 6) is -1.53. The van der Waals surface area contributed by atoms with Crippen LogP contribution < -0.4 is 10.2 Å². The Kier molecular flexibility index (Phi) is 8.75. The molecule has 0 unspecified atom stereocenters. The van der Waals surface area contributed by atoms with Gasteiger partial charge in [0.1, 0.15) is 23.0 Å². The standard InChI is InChI=1S/C28H27F2N5O3.ClH/c29-20-9-10-23(30)21(16-20)24-4-2-13-34(24)25-11-14-35-27(33-25)22(17-32-35)28(38)31-12-1-3-18-5-7-19(8-6-18)15-26(36)37;/h5-11,14,16-17,24H,1-4,12-13,15H2,(H,31,38)(H,36,37);1H/t24-;/m1./s1. The normalized spacial score (nSPS) is 14.8. The predicted octanol–water partition coefficient (Wildman–Crippen LogP) is 4.76. The zero-order chi connectivity index (χ0) is 26.6. The lowest BCUT2D eigenvalue weighted by molar-refractivity contribution is -0.136. The smallest absolute Gasteiger partial charge is 0.307 e. The zero-order valence-corrected chi connectivity index (χ0v) is 21.8. The van der Waals surface area contributed by atoms with Crippen molar-refractivity contribution in [3.05, 3.63) is 94.8 Å². The molecule has 1 amide bonds. The maximum Gasteiger partial charge on any atom is 0.307 e. The molecule has 0 aliphatic carbocycles. The highest BCUT2D eigenvalue weighted by molar-refractivity contribution is 5.99. The number of hydrogen-bond acceptors (Lipinski definition) is 5. The van der Waals surface area contributed by atoms with E-state index in [0.29, 0.717) is 48.5 Å². The van der Waals surface area contributed by atoms with Crippen molar-refractivity contribution in [1.82, 2.24) is 19.9 Å². The zero-order valence-electron chi connectivity index (χ0n) is 21.0. The van der Waals surface area contributed by atoms with Crippen LogP contribution in [0.5, 0.6) is 0 Å². The van der Waals surface area contributed by atoms with Gasteiger partial charge < -0.3 is 15.3 Å². The maximum atomic E-state index is 14.5. The van der Waals surface area contributed by atoms with Crippen molar-refractivity contribution in [1.29, 1.82) is 0 Å². The average Bonchev–Trinajstić information content (AvgIpc) is 3.55. The highest BCUT2D eigenvalue weighted by Gasteiger charge is 2.30. The highest BCUT2D eigenvalue weighted by Crippen LogP contribution is 2.36. The number of nitrogens with one attached hydrogen (secondary N) is 1. The second-order valence-corrected chi connectivity index (χ2v) is 9.38. The van der Waals surface area contributed by atoms with Crippen LogP contribution in [0.4, 0.5) is 14.6 Å². The minimum Gasteiger partial charge on any atom is -0.481 e. The molecule has 1 atom stereocenters. The van der Waals surface area contributed by atoms with Crippen molar-refractivity contribution >= 4 is 35.7 Å². The number of aliphatic carboxylic acids is 1. The van der Waals surface area contributed by atoms with Gasteiger partial charge in [-0.3, -0.25) is 9.59 Å². The van der Waals surface area contributed by atoms with E-state index in [0.717, 1.165) is 36.1 Å². The Morgan fingerprint density at radius 2 is 1.85 bits per heavy atom. The molecule has 2 N–H and O–H groups in total. The van der Waals surface area contributed by atoms with Crippen LogP contribution >= 0.6 is 12.4 Å². The molecule has 204 valence electrons. The quantitative estimate of drug-likeness (QED) is 0.289. The fraction of sp³-hybridized carbons (Fsp3) is 0.286. The van der Waals surface area contributed by atoms with Gasteiger partial charge in [-0.05, 0) is 61.1 Å². The summed E-state index contributed by atoms with van der Waals surface area (Å²) < 4.78 is 29.9. The number of carbonyl (C=O) groups excluding carboxylic acids is 1. The second-order valence-electron chi connectivity index (χ2n) is 9.38. The maximum absolute atomic E-state index is 14.5. The molecule has 2 aromatic heterocycles. The Labute approximate surface area is 230 Å². The Morgan fingerprint density at radius 1 is 1.08 bits per heavy atom. The summed E-state index contributed by atoms with van der Waals surface area (Å²) in [7, 11) is 0. The summed E-state index contributed by atoms with van der Waals surface area (Å²) in [5, 5.41) is 16.0. The number of fused-ring (bicyclic) bond motifs is 1. The topological polar surface area (TPSA) is 99.8 Å². The van der Waals surface area contributed by atoms with E-state index in [-0.39, 0.29) is 30.8 Å². The van der Waals surface area contributed by atoms with Gasteiger partial charge in [0.15, 0.2) is 5.65 Å². The van der Waals surface area contributed by atoms with Crippen molar-refractivity contribution in [2.45, 2.75) is 38.1 Å². The fourth-order valence-corrected chi connectivity index (χ4v) is 4.90. The van der Waals surface area contributed by atoms with Gasteiger partial charge in [-0.25, -0.2) is 18.3 Å². The van der Waals surface area contributed by atoms with E-state index in [2.05, 4.69) is 15.4 Å². The minimum absolute atomic E-state index is 0. The number of aryl methyl sites for hydroxylation is 1. The van der Waals surface area contributed by atoms with Gasteiger partial charge in [0, 0.05) is 24.8 Å². The Bertz CT molecular complexity index is 1480. The van der Waals surface area contributed by atoms with Crippen LogP contribution in [-0.2, 0) is 17.6 Å². The number of carboxylic acids is 1.